The van der Waals surface area contributed by atoms with Crippen molar-refractivity contribution >= 4 is 0 Å². The summed E-state index contributed by atoms with van der Waals surface area (Å²) in [6.07, 6.45) is 3.13. The van der Waals surface area contributed by atoms with Crippen molar-refractivity contribution in [1.82, 2.24) is 10.1 Å². The molecular formula is C12H21N3O2. The van der Waals surface area contributed by atoms with Crippen LogP contribution in [0.25, 0.3) is 0 Å². The fourth-order valence-electron chi connectivity index (χ4n) is 2.25. The van der Waals surface area contributed by atoms with Crippen molar-refractivity contribution in [3.63, 3.8) is 0 Å². The molecule has 0 saturated heterocycles. The Morgan fingerprint density at radius 2 is 2.24 bits per heavy atom. The largest absolute Gasteiger partial charge is 0.371 e. The van der Waals surface area contributed by atoms with E-state index in [4.69, 9.17) is 15.0 Å². The zero-order chi connectivity index (χ0) is 12.7. The lowest BCUT2D eigenvalue weighted by Gasteiger charge is -2.24. The number of aromatic nitrogens is 2. The van der Waals surface area contributed by atoms with Gasteiger partial charge in [0.15, 0.2) is 0 Å². The zero-order valence-corrected chi connectivity index (χ0v) is 11.0. The van der Waals surface area contributed by atoms with E-state index < -0.39 is 5.60 Å². The second-order valence-electron chi connectivity index (χ2n) is 5.55. The summed E-state index contributed by atoms with van der Waals surface area (Å²) >= 11 is 0. The monoisotopic (exact) mass is 239 g/mol. The summed E-state index contributed by atoms with van der Waals surface area (Å²) in [6, 6.07) is 0.0986. The molecule has 1 saturated carbocycles. The Morgan fingerprint density at radius 1 is 1.53 bits per heavy atom. The maximum Gasteiger partial charge on any atom is 0.234 e. The lowest BCUT2D eigenvalue weighted by atomic mass is 9.85. The standard InChI is InChI=1S/C12H21N3O2/c1-11(2,16-4)9-14-10(17-15-9)12(3)7-5-6-8(12)13/h8H,5-7,13H2,1-4H3. The number of hydrogen-bond donors (Lipinski definition) is 1. The highest BCUT2D eigenvalue weighted by molar-refractivity contribution is 5.13. The molecule has 17 heavy (non-hydrogen) atoms. The summed E-state index contributed by atoms with van der Waals surface area (Å²) in [6.45, 7) is 5.93. The normalized spacial score (nSPS) is 29.8. The van der Waals surface area contributed by atoms with Crippen LogP contribution >= 0.6 is 0 Å². The lowest BCUT2D eigenvalue weighted by molar-refractivity contribution is 0.00973. The maximum atomic E-state index is 6.14. The number of rotatable bonds is 3. The second kappa shape index (κ2) is 4.07. The molecule has 0 bridgehead atoms. The molecule has 1 aliphatic carbocycles. The highest BCUT2D eigenvalue weighted by atomic mass is 16.5. The van der Waals surface area contributed by atoms with E-state index in [1.54, 1.807) is 7.11 Å². The number of ether oxygens (including phenoxy) is 1. The predicted octanol–water partition coefficient (Wildman–Crippen LogP) is 1.72. The molecule has 5 nitrogen and oxygen atoms in total. The predicted molar refractivity (Wildman–Crippen MR) is 63.5 cm³/mol. The van der Waals surface area contributed by atoms with E-state index in [1.807, 2.05) is 13.8 Å². The van der Waals surface area contributed by atoms with Crippen molar-refractivity contribution in [1.29, 1.82) is 0 Å². The van der Waals surface area contributed by atoms with Crippen molar-refractivity contribution in [3.05, 3.63) is 11.7 Å². The van der Waals surface area contributed by atoms with Gasteiger partial charge in [-0.05, 0) is 33.6 Å². The van der Waals surface area contributed by atoms with Crippen molar-refractivity contribution in [2.24, 2.45) is 5.73 Å². The summed E-state index contributed by atoms with van der Waals surface area (Å²) < 4.78 is 10.7. The van der Waals surface area contributed by atoms with E-state index in [0.717, 1.165) is 19.3 Å². The third-order valence-electron chi connectivity index (χ3n) is 3.99. The van der Waals surface area contributed by atoms with Crippen LogP contribution in [0.1, 0.15) is 51.7 Å². The van der Waals surface area contributed by atoms with Gasteiger partial charge in [-0.1, -0.05) is 11.6 Å². The minimum absolute atomic E-state index is 0.0986. The second-order valence-corrected chi connectivity index (χ2v) is 5.55. The van der Waals surface area contributed by atoms with Gasteiger partial charge < -0.3 is 15.0 Å². The summed E-state index contributed by atoms with van der Waals surface area (Å²) in [5, 5.41) is 4.02. The summed E-state index contributed by atoms with van der Waals surface area (Å²) in [5.41, 5.74) is 5.42. The maximum absolute atomic E-state index is 6.14. The van der Waals surface area contributed by atoms with Gasteiger partial charge in [-0.15, -0.1) is 0 Å². The molecule has 2 rings (SSSR count). The summed E-state index contributed by atoms with van der Waals surface area (Å²) in [5.74, 6) is 1.22. The Balaban J connectivity index is 2.30. The molecule has 1 fully saturated rings. The van der Waals surface area contributed by atoms with Gasteiger partial charge in [0.25, 0.3) is 0 Å². The Hall–Kier alpha value is -0.940. The Labute approximate surface area is 102 Å². The minimum Gasteiger partial charge on any atom is -0.371 e. The minimum atomic E-state index is -0.527. The van der Waals surface area contributed by atoms with Crippen LogP contribution in [0.4, 0.5) is 0 Å². The van der Waals surface area contributed by atoms with Gasteiger partial charge in [-0.3, -0.25) is 0 Å². The molecule has 2 atom stereocenters. The third-order valence-corrected chi connectivity index (χ3v) is 3.99. The van der Waals surface area contributed by atoms with Crippen LogP contribution in [0, 0.1) is 0 Å². The van der Waals surface area contributed by atoms with Crippen LogP contribution in [0.15, 0.2) is 4.52 Å². The van der Waals surface area contributed by atoms with Gasteiger partial charge >= 0.3 is 0 Å². The Bertz CT molecular complexity index is 402. The Morgan fingerprint density at radius 3 is 2.76 bits per heavy atom. The van der Waals surface area contributed by atoms with Gasteiger partial charge in [0.1, 0.15) is 5.60 Å². The molecule has 0 radical (unpaired) electrons. The van der Waals surface area contributed by atoms with Gasteiger partial charge in [-0.25, -0.2) is 0 Å². The smallest absolute Gasteiger partial charge is 0.234 e. The number of nitrogens with zero attached hydrogens (tertiary/aromatic N) is 2. The average Bonchev–Trinajstić information content (AvgIpc) is 2.88. The first kappa shape index (κ1) is 12.5. The molecule has 5 heteroatoms. The van der Waals surface area contributed by atoms with Crippen LogP contribution in [0.2, 0.25) is 0 Å². The van der Waals surface area contributed by atoms with Crippen LogP contribution in [0.3, 0.4) is 0 Å². The van der Waals surface area contributed by atoms with Gasteiger partial charge in [0, 0.05) is 13.2 Å². The first-order valence-corrected chi connectivity index (χ1v) is 6.05. The van der Waals surface area contributed by atoms with E-state index in [2.05, 4.69) is 17.1 Å². The lowest BCUT2D eigenvalue weighted by Crippen LogP contribution is -2.38. The quantitative estimate of drug-likeness (QED) is 0.869. The van der Waals surface area contributed by atoms with Crippen molar-refractivity contribution < 1.29 is 9.26 Å². The molecule has 96 valence electrons. The van der Waals surface area contributed by atoms with Crippen LogP contribution in [-0.4, -0.2) is 23.3 Å². The molecule has 0 spiro atoms. The molecule has 0 aliphatic heterocycles. The van der Waals surface area contributed by atoms with E-state index in [9.17, 15) is 0 Å². The summed E-state index contributed by atoms with van der Waals surface area (Å²) in [7, 11) is 1.64. The first-order valence-electron chi connectivity index (χ1n) is 6.05. The van der Waals surface area contributed by atoms with Crippen LogP contribution < -0.4 is 5.73 Å². The number of methoxy groups -OCH3 is 1. The van der Waals surface area contributed by atoms with E-state index in [-0.39, 0.29) is 11.5 Å². The molecular weight excluding hydrogens is 218 g/mol. The van der Waals surface area contributed by atoms with Crippen molar-refractivity contribution in [2.75, 3.05) is 7.11 Å². The summed E-state index contributed by atoms with van der Waals surface area (Å²) in [4.78, 5) is 4.47. The highest BCUT2D eigenvalue weighted by Crippen LogP contribution is 2.39. The molecule has 0 amide bonds. The molecule has 1 heterocycles. The van der Waals surface area contributed by atoms with Crippen LogP contribution in [-0.2, 0) is 15.8 Å². The first-order chi connectivity index (χ1) is 7.90. The molecule has 1 aliphatic rings. The van der Waals surface area contributed by atoms with E-state index in [0.29, 0.717) is 11.7 Å². The Kier molecular flexibility index (Phi) is 2.99. The molecule has 1 aromatic rings. The van der Waals surface area contributed by atoms with Crippen molar-refractivity contribution in [2.45, 2.75) is 57.1 Å². The third kappa shape index (κ3) is 1.98. The fraction of sp³-hybridized carbons (Fsp3) is 0.833. The fourth-order valence-corrected chi connectivity index (χ4v) is 2.25. The van der Waals surface area contributed by atoms with Gasteiger partial charge in [-0.2, -0.15) is 4.98 Å². The molecule has 1 aromatic heterocycles. The highest BCUT2D eigenvalue weighted by Gasteiger charge is 2.43. The zero-order valence-electron chi connectivity index (χ0n) is 11.0. The topological polar surface area (TPSA) is 74.2 Å². The van der Waals surface area contributed by atoms with Crippen molar-refractivity contribution in [3.8, 4) is 0 Å². The SMILES string of the molecule is COC(C)(C)c1noc(C2(C)CCCC2N)n1. The molecule has 2 unspecified atom stereocenters. The number of nitrogens with two attached hydrogens (primary N) is 1. The molecule has 0 aromatic carbocycles. The average molecular weight is 239 g/mol. The molecule has 2 N–H and O–H groups in total. The van der Waals surface area contributed by atoms with E-state index in [1.165, 1.54) is 0 Å². The van der Waals surface area contributed by atoms with E-state index >= 15 is 0 Å². The van der Waals surface area contributed by atoms with Gasteiger partial charge in [0.2, 0.25) is 11.7 Å². The van der Waals surface area contributed by atoms with Gasteiger partial charge in [0.05, 0.1) is 5.41 Å². The van der Waals surface area contributed by atoms with Crippen LogP contribution in [0.5, 0.6) is 0 Å². The number of hydrogen-bond acceptors (Lipinski definition) is 5.